The molecule has 1 heteroatoms. The monoisotopic (exact) mass is 159 g/mol. The van der Waals surface area contributed by atoms with Crippen LogP contribution in [0.1, 0.15) is 11.1 Å². The highest BCUT2D eigenvalue weighted by atomic mass is 14.9. The van der Waals surface area contributed by atoms with Crippen molar-refractivity contribution in [2.24, 2.45) is 0 Å². The zero-order valence-electron chi connectivity index (χ0n) is 7.52. The Morgan fingerprint density at radius 2 is 2.17 bits per heavy atom. The van der Waals surface area contributed by atoms with Gasteiger partial charge in [-0.15, -0.1) is 6.42 Å². The predicted molar refractivity (Wildman–Crippen MR) is 53.2 cm³/mol. The second-order valence-corrected chi connectivity index (χ2v) is 2.88. The van der Waals surface area contributed by atoms with E-state index in [1.807, 2.05) is 0 Å². The second-order valence-electron chi connectivity index (χ2n) is 2.88. The van der Waals surface area contributed by atoms with Crippen molar-refractivity contribution in [3.63, 3.8) is 0 Å². The molecule has 0 spiro atoms. The number of aryl methyl sites for hydroxylation is 2. The van der Waals surface area contributed by atoms with Crippen molar-refractivity contribution in [1.29, 1.82) is 0 Å². The number of rotatable bonds is 2. The molecule has 0 heterocycles. The van der Waals surface area contributed by atoms with E-state index in [-0.39, 0.29) is 0 Å². The summed E-state index contributed by atoms with van der Waals surface area (Å²) in [4.78, 5) is 0. The Hall–Kier alpha value is -1.42. The topological polar surface area (TPSA) is 12.0 Å². The summed E-state index contributed by atoms with van der Waals surface area (Å²) in [5.74, 6) is 2.55. The minimum atomic E-state index is 0.588. The van der Waals surface area contributed by atoms with Crippen LogP contribution in [0.5, 0.6) is 0 Å². The van der Waals surface area contributed by atoms with Crippen molar-refractivity contribution in [3.8, 4) is 12.3 Å². The molecule has 12 heavy (non-hydrogen) atoms. The zero-order chi connectivity index (χ0) is 8.97. The van der Waals surface area contributed by atoms with Crippen molar-refractivity contribution < 1.29 is 0 Å². The number of anilines is 1. The summed E-state index contributed by atoms with van der Waals surface area (Å²) in [7, 11) is 0. The molecule has 0 atom stereocenters. The molecule has 0 fully saturated rings. The van der Waals surface area contributed by atoms with Gasteiger partial charge in [-0.1, -0.05) is 18.1 Å². The van der Waals surface area contributed by atoms with Crippen molar-refractivity contribution in [2.45, 2.75) is 13.8 Å². The van der Waals surface area contributed by atoms with Gasteiger partial charge in [0.2, 0.25) is 0 Å². The lowest BCUT2D eigenvalue weighted by Crippen LogP contribution is -2.00. The van der Waals surface area contributed by atoms with Gasteiger partial charge >= 0.3 is 0 Å². The number of hydrogen-bond acceptors (Lipinski definition) is 1. The molecule has 0 bridgehead atoms. The average Bonchev–Trinajstić information content (AvgIpc) is 2.07. The van der Waals surface area contributed by atoms with Crippen LogP contribution >= 0.6 is 0 Å². The molecular weight excluding hydrogens is 146 g/mol. The summed E-state index contributed by atoms with van der Waals surface area (Å²) < 4.78 is 0. The fourth-order valence-corrected chi connectivity index (χ4v) is 1.07. The largest absolute Gasteiger partial charge is 0.374 e. The third kappa shape index (κ3) is 2.03. The van der Waals surface area contributed by atoms with Crippen LogP contribution in [0.25, 0.3) is 0 Å². The Morgan fingerprint density at radius 1 is 1.42 bits per heavy atom. The van der Waals surface area contributed by atoms with Gasteiger partial charge in [0, 0.05) is 5.69 Å². The lowest BCUT2D eigenvalue weighted by Gasteiger charge is -2.06. The first-order valence-electron chi connectivity index (χ1n) is 3.98. The number of terminal acetylenes is 1. The molecule has 0 aromatic heterocycles. The van der Waals surface area contributed by atoms with E-state index in [0.29, 0.717) is 6.54 Å². The first kappa shape index (κ1) is 8.67. The molecule has 0 aliphatic carbocycles. The maximum Gasteiger partial charge on any atom is 0.0763 e. The van der Waals surface area contributed by atoms with Gasteiger partial charge in [-0.05, 0) is 31.0 Å². The molecule has 1 rings (SSSR count). The normalized spacial score (nSPS) is 9.08. The molecule has 1 aromatic rings. The average molecular weight is 159 g/mol. The minimum Gasteiger partial charge on any atom is -0.374 e. The molecule has 0 aliphatic rings. The van der Waals surface area contributed by atoms with Crippen molar-refractivity contribution in [3.05, 3.63) is 29.3 Å². The van der Waals surface area contributed by atoms with E-state index in [4.69, 9.17) is 6.42 Å². The lowest BCUT2D eigenvalue weighted by molar-refractivity contribution is 1.31. The lowest BCUT2D eigenvalue weighted by atomic mass is 10.1. The molecule has 1 aromatic carbocycles. The van der Waals surface area contributed by atoms with E-state index >= 15 is 0 Å². The first-order valence-corrected chi connectivity index (χ1v) is 3.98. The van der Waals surface area contributed by atoms with Crippen LogP contribution < -0.4 is 5.32 Å². The minimum absolute atomic E-state index is 0.588. The van der Waals surface area contributed by atoms with Gasteiger partial charge in [-0.2, -0.15) is 0 Å². The van der Waals surface area contributed by atoms with Crippen LogP contribution in [0, 0.1) is 26.2 Å². The van der Waals surface area contributed by atoms with Crippen LogP contribution in [0.3, 0.4) is 0 Å². The molecule has 0 radical (unpaired) electrons. The summed E-state index contributed by atoms with van der Waals surface area (Å²) >= 11 is 0. The second kappa shape index (κ2) is 3.82. The highest BCUT2D eigenvalue weighted by Gasteiger charge is 1.95. The van der Waals surface area contributed by atoms with Gasteiger partial charge in [-0.25, -0.2) is 0 Å². The van der Waals surface area contributed by atoms with Gasteiger partial charge in [0.1, 0.15) is 0 Å². The first-order chi connectivity index (χ1) is 5.74. The van der Waals surface area contributed by atoms with E-state index in [2.05, 4.69) is 43.3 Å². The van der Waals surface area contributed by atoms with Gasteiger partial charge < -0.3 is 5.32 Å². The van der Waals surface area contributed by atoms with Gasteiger partial charge in [0.15, 0.2) is 0 Å². The summed E-state index contributed by atoms with van der Waals surface area (Å²) in [5.41, 5.74) is 3.61. The number of benzene rings is 1. The molecule has 62 valence electrons. The van der Waals surface area contributed by atoms with E-state index < -0.39 is 0 Å². The highest BCUT2D eigenvalue weighted by Crippen LogP contribution is 2.15. The van der Waals surface area contributed by atoms with Crippen molar-refractivity contribution in [2.75, 3.05) is 11.9 Å². The predicted octanol–water partition coefficient (Wildman–Crippen LogP) is 2.35. The molecule has 0 amide bonds. The molecule has 1 N–H and O–H groups in total. The van der Waals surface area contributed by atoms with E-state index in [0.717, 1.165) is 5.69 Å². The number of hydrogen-bond donors (Lipinski definition) is 1. The van der Waals surface area contributed by atoms with Crippen LogP contribution in [0.2, 0.25) is 0 Å². The smallest absolute Gasteiger partial charge is 0.0763 e. The van der Waals surface area contributed by atoms with E-state index in [9.17, 15) is 0 Å². The third-order valence-corrected chi connectivity index (χ3v) is 1.77. The molecule has 0 unspecified atom stereocenters. The SMILES string of the molecule is C#CCNc1cc(C)ccc1C. The molecule has 0 saturated heterocycles. The summed E-state index contributed by atoms with van der Waals surface area (Å²) in [6.07, 6.45) is 5.15. The van der Waals surface area contributed by atoms with Gasteiger partial charge in [0.25, 0.3) is 0 Å². The number of nitrogens with one attached hydrogen (secondary N) is 1. The maximum absolute atomic E-state index is 5.15. The van der Waals surface area contributed by atoms with E-state index in [1.165, 1.54) is 11.1 Å². The summed E-state index contributed by atoms with van der Waals surface area (Å²) in [5, 5.41) is 3.17. The van der Waals surface area contributed by atoms with Crippen LogP contribution in [-0.4, -0.2) is 6.54 Å². The van der Waals surface area contributed by atoms with Crippen LogP contribution in [0.4, 0.5) is 5.69 Å². The van der Waals surface area contributed by atoms with Crippen LogP contribution in [-0.2, 0) is 0 Å². The summed E-state index contributed by atoms with van der Waals surface area (Å²) in [6.45, 7) is 4.73. The van der Waals surface area contributed by atoms with Gasteiger partial charge in [0.05, 0.1) is 6.54 Å². The molecule has 0 saturated carbocycles. The molecule has 1 nitrogen and oxygen atoms in total. The molecule has 0 aliphatic heterocycles. The Morgan fingerprint density at radius 3 is 2.83 bits per heavy atom. The Kier molecular flexibility index (Phi) is 2.76. The van der Waals surface area contributed by atoms with Crippen molar-refractivity contribution in [1.82, 2.24) is 0 Å². The molecular formula is C11H13N. The zero-order valence-corrected chi connectivity index (χ0v) is 7.52. The van der Waals surface area contributed by atoms with Crippen molar-refractivity contribution >= 4 is 5.69 Å². The van der Waals surface area contributed by atoms with E-state index in [1.54, 1.807) is 0 Å². The fraction of sp³-hybridized carbons (Fsp3) is 0.273. The highest BCUT2D eigenvalue weighted by molar-refractivity contribution is 5.52. The Balaban J connectivity index is 2.84. The van der Waals surface area contributed by atoms with Gasteiger partial charge in [-0.3, -0.25) is 0 Å². The van der Waals surface area contributed by atoms with Crippen LogP contribution in [0.15, 0.2) is 18.2 Å². The quantitative estimate of drug-likeness (QED) is 0.653. The maximum atomic E-state index is 5.15. The standard InChI is InChI=1S/C11H13N/c1-4-7-12-11-8-9(2)5-6-10(11)3/h1,5-6,8,12H,7H2,2-3H3. The summed E-state index contributed by atoms with van der Waals surface area (Å²) in [6, 6.07) is 6.29. The Labute approximate surface area is 73.8 Å². The third-order valence-electron chi connectivity index (χ3n) is 1.77. The Bertz CT molecular complexity index is 307. The fourth-order valence-electron chi connectivity index (χ4n) is 1.07.